The average molecular weight is 315 g/mol. The van der Waals surface area contributed by atoms with Gasteiger partial charge in [-0.05, 0) is 24.3 Å². The van der Waals surface area contributed by atoms with E-state index in [4.69, 9.17) is 10.5 Å². The lowest BCUT2D eigenvalue weighted by Gasteiger charge is -2.03. The van der Waals surface area contributed by atoms with E-state index >= 15 is 0 Å². The fraction of sp³-hybridized carbons (Fsp3) is 0.182. The van der Waals surface area contributed by atoms with Crippen LogP contribution in [-0.2, 0) is 12.8 Å². The molecule has 2 N–H and O–H groups in total. The van der Waals surface area contributed by atoms with Crippen molar-refractivity contribution in [2.75, 3.05) is 5.73 Å². The van der Waals surface area contributed by atoms with Crippen LogP contribution >= 0.6 is 11.3 Å². The Labute approximate surface area is 120 Å². The number of fused-ring (bicyclic) bond motifs is 1. The maximum absolute atomic E-state index is 12.6. The summed E-state index contributed by atoms with van der Waals surface area (Å²) in [6.45, 7) is 0.0369. The molecule has 0 aliphatic rings. The molecule has 10 heteroatoms. The molecule has 0 amide bonds. The standard InChI is InChI=1S/C11H8F3N5OS/c12-11(13,14)9-16-17-10-19(9)18-8(21-10)5-20-7-3-1-6(15)2-4-7/h1-4H,5,15H2. The van der Waals surface area contributed by atoms with Crippen molar-refractivity contribution in [1.82, 2.24) is 19.8 Å². The Bertz CT molecular complexity index is 764. The minimum absolute atomic E-state index is 0.0369. The Hall–Kier alpha value is -2.36. The second-order valence-corrected chi connectivity index (χ2v) is 5.11. The molecule has 3 rings (SSSR count). The first-order valence-electron chi connectivity index (χ1n) is 5.70. The van der Waals surface area contributed by atoms with Gasteiger partial charge in [-0.2, -0.15) is 22.8 Å². The van der Waals surface area contributed by atoms with Crippen LogP contribution in [0.2, 0.25) is 0 Å². The molecule has 0 radical (unpaired) electrons. The number of nitrogen functional groups attached to an aromatic ring is 1. The van der Waals surface area contributed by atoms with E-state index in [0.717, 1.165) is 11.3 Å². The highest BCUT2D eigenvalue weighted by atomic mass is 32.1. The highest BCUT2D eigenvalue weighted by molar-refractivity contribution is 7.16. The molecule has 21 heavy (non-hydrogen) atoms. The molecule has 0 aliphatic carbocycles. The third-order valence-corrected chi connectivity index (χ3v) is 3.40. The molecule has 2 aromatic heterocycles. The SMILES string of the molecule is Nc1ccc(OCc2nn3c(C(F)(F)F)nnc3s2)cc1. The van der Waals surface area contributed by atoms with Crippen molar-refractivity contribution in [1.29, 1.82) is 0 Å². The van der Waals surface area contributed by atoms with Crippen molar-refractivity contribution < 1.29 is 17.9 Å². The fourth-order valence-corrected chi connectivity index (χ4v) is 2.35. The van der Waals surface area contributed by atoms with Crippen LogP contribution in [0.25, 0.3) is 4.96 Å². The second kappa shape index (κ2) is 4.88. The summed E-state index contributed by atoms with van der Waals surface area (Å²) in [5.41, 5.74) is 6.13. The van der Waals surface area contributed by atoms with Crippen molar-refractivity contribution in [2.45, 2.75) is 12.8 Å². The quantitative estimate of drug-likeness (QED) is 0.751. The van der Waals surface area contributed by atoms with Crippen LogP contribution < -0.4 is 10.5 Å². The van der Waals surface area contributed by atoms with Gasteiger partial charge in [0.05, 0.1) is 0 Å². The lowest BCUT2D eigenvalue weighted by atomic mass is 10.3. The normalized spacial score (nSPS) is 12.0. The van der Waals surface area contributed by atoms with Crippen LogP contribution in [0.15, 0.2) is 24.3 Å². The van der Waals surface area contributed by atoms with Crippen molar-refractivity contribution in [3.8, 4) is 5.75 Å². The molecule has 0 saturated heterocycles. The molecule has 0 bridgehead atoms. The lowest BCUT2D eigenvalue weighted by Crippen LogP contribution is -2.11. The molecule has 0 unspecified atom stereocenters. The molecular formula is C11H8F3N5OS. The number of hydrogen-bond donors (Lipinski definition) is 1. The largest absolute Gasteiger partial charge is 0.486 e. The number of anilines is 1. The number of hydrogen-bond acceptors (Lipinski definition) is 6. The van der Waals surface area contributed by atoms with E-state index in [2.05, 4.69) is 15.3 Å². The van der Waals surface area contributed by atoms with E-state index in [1.54, 1.807) is 24.3 Å². The van der Waals surface area contributed by atoms with Gasteiger partial charge in [-0.25, -0.2) is 0 Å². The van der Waals surface area contributed by atoms with Gasteiger partial charge in [-0.3, -0.25) is 0 Å². The first-order valence-corrected chi connectivity index (χ1v) is 6.52. The molecule has 0 fully saturated rings. The molecule has 0 atom stereocenters. The molecule has 110 valence electrons. The molecule has 0 aliphatic heterocycles. The van der Waals surface area contributed by atoms with Crippen molar-refractivity contribution in [3.05, 3.63) is 35.1 Å². The number of nitrogens with zero attached hydrogens (tertiary/aromatic N) is 4. The van der Waals surface area contributed by atoms with Crippen molar-refractivity contribution in [3.63, 3.8) is 0 Å². The summed E-state index contributed by atoms with van der Waals surface area (Å²) >= 11 is 0.985. The number of rotatable bonds is 3. The summed E-state index contributed by atoms with van der Waals surface area (Å²) in [6, 6.07) is 6.65. The van der Waals surface area contributed by atoms with E-state index in [-0.39, 0.29) is 11.6 Å². The maximum Gasteiger partial charge on any atom is 0.453 e. The summed E-state index contributed by atoms with van der Waals surface area (Å²) in [6.07, 6.45) is -4.59. The van der Waals surface area contributed by atoms with Crippen LogP contribution in [0.3, 0.4) is 0 Å². The van der Waals surface area contributed by atoms with E-state index in [1.807, 2.05) is 0 Å². The minimum atomic E-state index is -4.59. The summed E-state index contributed by atoms with van der Waals surface area (Å²) in [5.74, 6) is -0.598. The Morgan fingerprint density at radius 1 is 1.19 bits per heavy atom. The van der Waals surface area contributed by atoms with Crippen LogP contribution in [0.1, 0.15) is 10.8 Å². The Morgan fingerprint density at radius 3 is 2.57 bits per heavy atom. The van der Waals surface area contributed by atoms with Gasteiger partial charge in [0, 0.05) is 5.69 Å². The summed E-state index contributed by atoms with van der Waals surface area (Å²) in [4.78, 5) is 0.0678. The smallest absolute Gasteiger partial charge is 0.453 e. The van der Waals surface area contributed by atoms with Crippen LogP contribution in [-0.4, -0.2) is 19.8 Å². The number of benzene rings is 1. The van der Waals surface area contributed by atoms with Gasteiger partial charge in [-0.15, -0.1) is 10.2 Å². The average Bonchev–Trinajstić information content (AvgIpc) is 2.96. The topological polar surface area (TPSA) is 78.3 Å². The Balaban J connectivity index is 1.79. The van der Waals surface area contributed by atoms with Crippen LogP contribution in [0, 0.1) is 0 Å². The predicted octanol–water partition coefficient (Wildman–Crippen LogP) is 2.37. The Kier molecular flexibility index (Phi) is 3.16. The monoisotopic (exact) mass is 315 g/mol. The van der Waals surface area contributed by atoms with Gasteiger partial charge in [0.15, 0.2) is 5.01 Å². The van der Waals surface area contributed by atoms with Gasteiger partial charge in [-0.1, -0.05) is 11.3 Å². The van der Waals surface area contributed by atoms with Gasteiger partial charge >= 0.3 is 6.18 Å². The molecule has 6 nitrogen and oxygen atoms in total. The van der Waals surface area contributed by atoms with Crippen molar-refractivity contribution in [2.24, 2.45) is 0 Å². The van der Waals surface area contributed by atoms with Gasteiger partial charge < -0.3 is 10.5 Å². The molecule has 1 aromatic carbocycles. The second-order valence-electron chi connectivity index (χ2n) is 4.07. The van der Waals surface area contributed by atoms with E-state index in [1.165, 1.54) is 0 Å². The minimum Gasteiger partial charge on any atom is -0.486 e. The third-order valence-electron chi connectivity index (χ3n) is 2.53. The fourth-order valence-electron chi connectivity index (χ4n) is 1.60. The molecule has 0 spiro atoms. The number of aromatic nitrogens is 4. The van der Waals surface area contributed by atoms with Gasteiger partial charge in [0.2, 0.25) is 4.96 Å². The van der Waals surface area contributed by atoms with Gasteiger partial charge in [0.1, 0.15) is 12.4 Å². The van der Waals surface area contributed by atoms with Crippen LogP contribution in [0.5, 0.6) is 5.75 Å². The molecular weight excluding hydrogens is 307 g/mol. The summed E-state index contributed by atoms with van der Waals surface area (Å²) < 4.78 is 44.0. The van der Waals surface area contributed by atoms with Crippen LogP contribution in [0.4, 0.5) is 18.9 Å². The predicted molar refractivity (Wildman–Crippen MR) is 68.8 cm³/mol. The first kappa shape index (κ1) is 13.6. The zero-order valence-electron chi connectivity index (χ0n) is 10.3. The van der Waals surface area contributed by atoms with E-state index < -0.39 is 12.0 Å². The zero-order chi connectivity index (χ0) is 15.0. The highest BCUT2D eigenvalue weighted by Gasteiger charge is 2.38. The number of ether oxygens (including phenoxy) is 1. The summed E-state index contributed by atoms with van der Waals surface area (Å²) in [5, 5.41) is 10.7. The molecule has 3 aromatic rings. The van der Waals surface area contributed by atoms with Gasteiger partial charge in [0.25, 0.3) is 5.82 Å². The Morgan fingerprint density at radius 2 is 1.90 bits per heavy atom. The number of nitrogens with two attached hydrogens (primary N) is 1. The number of halogens is 3. The highest BCUT2D eigenvalue weighted by Crippen LogP contribution is 2.29. The van der Waals surface area contributed by atoms with E-state index in [9.17, 15) is 13.2 Å². The third kappa shape index (κ3) is 2.75. The summed E-state index contributed by atoms with van der Waals surface area (Å²) in [7, 11) is 0. The van der Waals surface area contributed by atoms with E-state index in [0.29, 0.717) is 21.0 Å². The lowest BCUT2D eigenvalue weighted by molar-refractivity contribution is -0.146. The molecule has 0 saturated carbocycles. The zero-order valence-corrected chi connectivity index (χ0v) is 11.1. The first-order chi connectivity index (χ1) is 9.93. The van der Waals surface area contributed by atoms with Crippen molar-refractivity contribution >= 4 is 22.0 Å². The maximum atomic E-state index is 12.6. The molecule has 2 heterocycles. The number of alkyl halides is 3.